The Morgan fingerprint density at radius 1 is 1.50 bits per heavy atom. The molecule has 1 rings (SSSR count). The summed E-state index contributed by atoms with van der Waals surface area (Å²) in [5.74, 6) is 0. The lowest BCUT2D eigenvalue weighted by Crippen LogP contribution is -2.15. The first kappa shape index (κ1) is 11.2. The van der Waals surface area contributed by atoms with Gasteiger partial charge in [-0.3, -0.25) is 4.68 Å². The number of hydrogen-bond acceptors (Lipinski definition) is 2. The van der Waals surface area contributed by atoms with Crippen LogP contribution >= 0.6 is 0 Å². The number of nitrogens with zero attached hydrogens (tertiary/aromatic N) is 2. The third-order valence-electron chi connectivity index (χ3n) is 2.37. The molecule has 0 fully saturated rings. The van der Waals surface area contributed by atoms with Crippen molar-refractivity contribution in [2.45, 2.75) is 52.2 Å². The van der Waals surface area contributed by atoms with E-state index in [0.717, 1.165) is 6.42 Å². The highest BCUT2D eigenvalue weighted by Crippen LogP contribution is 2.20. The van der Waals surface area contributed by atoms with Crippen molar-refractivity contribution in [1.82, 2.24) is 9.78 Å². The first-order chi connectivity index (χ1) is 6.43. The van der Waals surface area contributed by atoms with Crippen LogP contribution in [-0.4, -0.2) is 21.0 Å². The average Bonchev–Trinajstić information content (AvgIpc) is 2.51. The highest BCUT2D eigenvalue weighted by Gasteiger charge is 2.16. The van der Waals surface area contributed by atoms with E-state index in [1.807, 2.05) is 24.0 Å². The van der Waals surface area contributed by atoms with Gasteiger partial charge in [-0.1, -0.05) is 27.7 Å². The summed E-state index contributed by atoms with van der Waals surface area (Å²) < 4.78 is 1.81. The minimum Gasteiger partial charge on any atom is -0.391 e. The smallest absolute Gasteiger partial charge is 0.0733 e. The summed E-state index contributed by atoms with van der Waals surface area (Å²) in [6, 6.07) is 0. The van der Waals surface area contributed by atoms with Crippen LogP contribution in [0, 0.1) is 0 Å². The van der Waals surface area contributed by atoms with Gasteiger partial charge in [-0.2, -0.15) is 5.10 Å². The summed E-state index contributed by atoms with van der Waals surface area (Å²) in [6.07, 6.45) is 4.37. The molecule has 1 aromatic rings. The topological polar surface area (TPSA) is 38.0 Å². The van der Waals surface area contributed by atoms with Crippen molar-refractivity contribution in [1.29, 1.82) is 0 Å². The van der Waals surface area contributed by atoms with Gasteiger partial charge >= 0.3 is 0 Å². The largest absolute Gasteiger partial charge is 0.391 e. The van der Waals surface area contributed by atoms with Crippen LogP contribution in [0.25, 0.3) is 0 Å². The zero-order chi connectivity index (χ0) is 10.8. The molecule has 80 valence electrons. The van der Waals surface area contributed by atoms with E-state index >= 15 is 0 Å². The molecule has 14 heavy (non-hydrogen) atoms. The van der Waals surface area contributed by atoms with E-state index in [1.54, 1.807) is 0 Å². The van der Waals surface area contributed by atoms with E-state index in [4.69, 9.17) is 0 Å². The number of hydrogen-bond donors (Lipinski definition) is 1. The van der Waals surface area contributed by atoms with Gasteiger partial charge in [0.05, 0.1) is 18.8 Å². The zero-order valence-electron chi connectivity index (χ0n) is 9.49. The molecule has 3 heteroatoms. The fraction of sp³-hybridized carbons (Fsp3) is 0.727. The SMILES string of the molecule is CC[C@@H](O)Cn1cc(C(C)(C)C)cn1. The number of aromatic nitrogens is 2. The van der Waals surface area contributed by atoms with Crippen LogP contribution in [0.3, 0.4) is 0 Å². The van der Waals surface area contributed by atoms with Crippen LogP contribution in [0.4, 0.5) is 0 Å². The molecule has 1 aromatic heterocycles. The van der Waals surface area contributed by atoms with Crippen LogP contribution in [-0.2, 0) is 12.0 Å². The van der Waals surface area contributed by atoms with E-state index < -0.39 is 0 Å². The van der Waals surface area contributed by atoms with E-state index in [-0.39, 0.29) is 11.5 Å². The second kappa shape index (κ2) is 4.13. The van der Waals surface area contributed by atoms with Crippen LogP contribution in [0.1, 0.15) is 39.7 Å². The normalized spacial score (nSPS) is 14.4. The number of rotatable bonds is 3. The van der Waals surface area contributed by atoms with Gasteiger partial charge in [-0.25, -0.2) is 0 Å². The molecule has 0 unspecified atom stereocenters. The van der Waals surface area contributed by atoms with Crippen molar-refractivity contribution in [2.24, 2.45) is 0 Å². The van der Waals surface area contributed by atoms with Crippen molar-refractivity contribution < 1.29 is 5.11 Å². The Labute approximate surface area is 85.8 Å². The minimum atomic E-state index is -0.289. The van der Waals surface area contributed by atoms with Crippen LogP contribution in [0.5, 0.6) is 0 Å². The van der Waals surface area contributed by atoms with Gasteiger partial charge in [0, 0.05) is 6.20 Å². The second-order valence-electron chi connectivity index (χ2n) is 4.76. The molecule has 0 spiro atoms. The molecule has 1 N–H and O–H groups in total. The second-order valence-corrected chi connectivity index (χ2v) is 4.76. The molecule has 0 aromatic carbocycles. The van der Waals surface area contributed by atoms with E-state index in [2.05, 4.69) is 25.9 Å². The molecule has 0 aliphatic rings. The number of aliphatic hydroxyl groups excluding tert-OH is 1. The van der Waals surface area contributed by atoms with Crippen molar-refractivity contribution in [3.63, 3.8) is 0 Å². The molecule has 0 amide bonds. The Balaban J connectivity index is 2.69. The Hall–Kier alpha value is -0.830. The van der Waals surface area contributed by atoms with Crippen molar-refractivity contribution in [3.8, 4) is 0 Å². The lowest BCUT2D eigenvalue weighted by molar-refractivity contribution is 0.145. The fourth-order valence-electron chi connectivity index (χ4n) is 1.20. The van der Waals surface area contributed by atoms with Crippen LogP contribution in [0.15, 0.2) is 12.4 Å². The summed E-state index contributed by atoms with van der Waals surface area (Å²) in [6.45, 7) is 9.03. The minimum absolute atomic E-state index is 0.134. The molecule has 0 bridgehead atoms. The van der Waals surface area contributed by atoms with Crippen molar-refractivity contribution in [3.05, 3.63) is 18.0 Å². The zero-order valence-corrected chi connectivity index (χ0v) is 9.49. The summed E-state index contributed by atoms with van der Waals surface area (Å²) in [7, 11) is 0. The van der Waals surface area contributed by atoms with E-state index in [1.165, 1.54) is 5.56 Å². The first-order valence-electron chi connectivity index (χ1n) is 5.14. The molecular weight excluding hydrogens is 176 g/mol. The average molecular weight is 196 g/mol. The fourth-order valence-corrected chi connectivity index (χ4v) is 1.20. The van der Waals surface area contributed by atoms with Gasteiger partial charge in [0.1, 0.15) is 0 Å². The van der Waals surface area contributed by atoms with Gasteiger partial charge in [0.2, 0.25) is 0 Å². The van der Waals surface area contributed by atoms with Crippen molar-refractivity contribution in [2.75, 3.05) is 0 Å². The molecule has 0 saturated carbocycles. The molecule has 0 radical (unpaired) electrons. The van der Waals surface area contributed by atoms with E-state index in [0.29, 0.717) is 6.54 Å². The monoisotopic (exact) mass is 196 g/mol. The van der Waals surface area contributed by atoms with Gasteiger partial charge < -0.3 is 5.11 Å². The molecular formula is C11H20N2O. The van der Waals surface area contributed by atoms with Gasteiger partial charge in [-0.05, 0) is 17.4 Å². The summed E-state index contributed by atoms with van der Waals surface area (Å²) in [5.41, 5.74) is 1.34. The molecule has 1 atom stereocenters. The van der Waals surface area contributed by atoms with Gasteiger partial charge in [0.15, 0.2) is 0 Å². The molecule has 1 heterocycles. The van der Waals surface area contributed by atoms with Crippen molar-refractivity contribution >= 4 is 0 Å². The maximum Gasteiger partial charge on any atom is 0.0733 e. The predicted octanol–water partition coefficient (Wildman–Crippen LogP) is 1.95. The summed E-state index contributed by atoms with van der Waals surface area (Å²) >= 11 is 0. The molecule has 3 nitrogen and oxygen atoms in total. The molecule has 0 aliphatic carbocycles. The Bertz CT molecular complexity index is 286. The Kier molecular flexibility index (Phi) is 3.32. The molecule has 0 saturated heterocycles. The highest BCUT2D eigenvalue weighted by atomic mass is 16.3. The first-order valence-corrected chi connectivity index (χ1v) is 5.14. The van der Waals surface area contributed by atoms with Gasteiger partial charge in [-0.15, -0.1) is 0 Å². The third kappa shape index (κ3) is 2.84. The van der Waals surface area contributed by atoms with Crippen LogP contribution in [0.2, 0.25) is 0 Å². The lowest BCUT2D eigenvalue weighted by Gasteiger charge is -2.15. The quantitative estimate of drug-likeness (QED) is 0.802. The maximum absolute atomic E-state index is 9.46. The Morgan fingerprint density at radius 3 is 2.57 bits per heavy atom. The predicted molar refractivity (Wildman–Crippen MR) is 57.2 cm³/mol. The maximum atomic E-state index is 9.46. The van der Waals surface area contributed by atoms with E-state index in [9.17, 15) is 5.11 Å². The highest BCUT2D eigenvalue weighted by molar-refractivity contribution is 5.15. The summed E-state index contributed by atoms with van der Waals surface area (Å²) in [5, 5.41) is 13.7. The molecule has 0 aliphatic heterocycles. The third-order valence-corrected chi connectivity index (χ3v) is 2.37. The van der Waals surface area contributed by atoms with Gasteiger partial charge in [0.25, 0.3) is 0 Å². The lowest BCUT2D eigenvalue weighted by atomic mass is 9.90. The standard InChI is InChI=1S/C11H20N2O/c1-5-10(14)8-13-7-9(6-12-13)11(2,3)4/h6-7,10,14H,5,8H2,1-4H3/t10-/m1/s1. The van der Waals surface area contributed by atoms with Crippen LogP contribution < -0.4 is 0 Å². The number of aliphatic hydroxyl groups is 1. The Morgan fingerprint density at radius 2 is 2.14 bits per heavy atom. The summed E-state index contributed by atoms with van der Waals surface area (Å²) in [4.78, 5) is 0.